The molecule has 0 aromatic heterocycles. The van der Waals surface area contributed by atoms with Gasteiger partial charge in [0.05, 0.1) is 11.5 Å². The van der Waals surface area contributed by atoms with Crippen LogP contribution in [0.4, 0.5) is 0 Å². The van der Waals surface area contributed by atoms with Crippen molar-refractivity contribution in [2.45, 2.75) is 102 Å². The van der Waals surface area contributed by atoms with E-state index in [-0.39, 0.29) is 24.5 Å². The van der Waals surface area contributed by atoms with E-state index in [1.165, 1.54) is 6.92 Å². The number of cyclic esters (lactones) is 1. The standard InChI is InChI=1S/C28H38O7/c1-15-13-22(35-23(31)16(15)2)26(5,32)27(33)14-21(30)28(34)19-10-9-17-7-6-8-20(29)25(17,4)18(19)11-12-24(27,28)3/h6-7,9,18-19,21-22,30,32-34H,8,10-14H2,1-5H3/t18-,19+,21+,22+,24+,25-,26-,27-,28-/m0/s1. The number of hydrogen-bond acceptors (Lipinski definition) is 7. The maximum atomic E-state index is 13.2. The molecule has 0 radical (unpaired) electrons. The van der Waals surface area contributed by atoms with E-state index in [0.29, 0.717) is 31.3 Å². The van der Waals surface area contributed by atoms with Gasteiger partial charge in [0.25, 0.3) is 0 Å². The van der Waals surface area contributed by atoms with Crippen molar-refractivity contribution in [1.29, 1.82) is 0 Å². The van der Waals surface area contributed by atoms with Crippen LogP contribution in [0.1, 0.15) is 73.1 Å². The molecule has 7 nitrogen and oxygen atoms in total. The molecule has 2 saturated carbocycles. The number of esters is 1. The van der Waals surface area contributed by atoms with Gasteiger partial charge in [-0.1, -0.05) is 30.7 Å². The highest BCUT2D eigenvalue weighted by Gasteiger charge is 2.79. The van der Waals surface area contributed by atoms with Crippen LogP contribution in [0.25, 0.3) is 0 Å². The van der Waals surface area contributed by atoms with Crippen molar-refractivity contribution < 1.29 is 34.8 Å². The molecular weight excluding hydrogens is 448 g/mol. The lowest BCUT2D eigenvalue weighted by Crippen LogP contribution is -2.72. The topological polar surface area (TPSA) is 124 Å². The first-order valence-corrected chi connectivity index (χ1v) is 12.8. The van der Waals surface area contributed by atoms with Gasteiger partial charge in [-0.15, -0.1) is 0 Å². The summed E-state index contributed by atoms with van der Waals surface area (Å²) in [7, 11) is 0. The maximum absolute atomic E-state index is 13.2. The number of ether oxygens (including phenoxy) is 1. The Morgan fingerprint density at radius 1 is 1.14 bits per heavy atom. The molecule has 0 aromatic carbocycles. The number of ketones is 1. The van der Waals surface area contributed by atoms with Gasteiger partial charge in [0.15, 0.2) is 0 Å². The van der Waals surface area contributed by atoms with Crippen molar-refractivity contribution >= 4 is 11.8 Å². The van der Waals surface area contributed by atoms with E-state index in [9.17, 15) is 30.0 Å². The van der Waals surface area contributed by atoms with Crippen molar-refractivity contribution in [1.82, 2.24) is 0 Å². The van der Waals surface area contributed by atoms with Crippen molar-refractivity contribution in [3.8, 4) is 0 Å². The van der Waals surface area contributed by atoms with Crippen LogP contribution in [0.15, 0.2) is 34.9 Å². The van der Waals surface area contributed by atoms with Gasteiger partial charge in [0, 0.05) is 30.3 Å². The Bertz CT molecular complexity index is 1080. The van der Waals surface area contributed by atoms with E-state index >= 15 is 0 Å². The fourth-order valence-corrected chi connectivity index (χ4v) is 8.41. The van der Waals surface area contributed by atoms with Crippen LogP contribution in [-0.2, 0) is 14.3 Å². The second kappa shape index (κ2) is 7.37. The van der Waals surface area contributed by atoms with Gasteiger partial charge in [-0.05, 0) is 64.4 Å². The first-order chi connectivity index (χ1) is 16.2. The van der Waals surface area contributed by atoms with Gasteiger partial charge in [0.1, 0.15) is 28.7 Å². The van der Waals surface area contributed by atoms with Crippen molar-refractivity contribution in [3.63, 3.8) is 0 Å². The van der Waals surface area contributed by atoms with Crippen LogP contribution in [0.2, 0.25) is 0 Å². The van der Waals surface area contributed by atoms with Gasteiger partial charge >= 0.3 is 5.97 Å². The Hall–Kier alpha value is -1.80. The van der Waals surface area contributed by atoms with E-state index in [0.717, 1.165) is 11.1 Å². The monoisotopic (exact) mass is 486 g/mol. The molecule has 1 heterocycles. The van der Waals surface area contributed by atoms with Crippen LogP contribution in [0, 0.1) is 22.7 Å². The minimum atomic E-state index is -1.93. The van der Waals surface area contributed by atoms with E-state index in [2.05, 4.69) is 0 Å². The highest BCUT2D eigenvalue weighted by molar-refractivity contribution is 5.92. The summed E-state index contributed by atoms with van der Waals surface area (Å²) in [5.74, 6) is -1.09. The van der Waals surface area contributed by atoms with Gasteiger partial charge in [-0.3, -0.25) is 4.79 Å². The zero-order chi connectivity index (χ0) is 25.8. The van der Waals surface area contributed by atoms with Crippen LogP contribution < -0.4 is 0 Å². The number of aliphatic hydroxyl groups is 4. The average Bonchev–Trinajstić information content (AvgIpc) is 2.96. The molecule has 35 heavy (non-hydrogen) atoms. The first-order valence-electron chi connectivity index (χ1n) is 12.8. The molecule has 0 unspecified atom stereocenters. The normalized spacial score (nSPS) is 49.0. The molecule has 4 aliphatic carbocycles. The lowest BCUT2D eigenvalue weighted by atomic mass is 9.44. The lowest BCUT2D eigenvalue weighted by Gasteiger charge is -2.63. The average molecular weight is 487 g/mol. The Balaban J connectivity index is 1.58. The summed E-state index contributed by atoms with van der Waals surface area (Å²) in [5.41, 5.74) is -5.42. The summed E-state index contributed by atoms with van der Waals surface area (Å²) in [6.07, 6.45) is 5.20. The van der Waals surface area contributed by atoms with Crippen molar-refractivity contribution in [2.75, 3.05) is 0 Å². The summed E-state index contributed by atoms with van der Waals surface area (Å²) < 4.78 is 5.58. The molecule has 2 fully saturated rings. The van der Waals surface area contributed by atoms with E-state index < -0.39 is 51.7 Å². The second-order valence-corrected chi connectivity index (χ2v) is 12.3. The molecule has 0 aromatic rings. The zero-order valence-corrected chi connectivity index (χ0v) is 21.3. The second-order valence-electron chi connectivity index (χ2n) is 12.3. The highest BCUT2D eigenvalue weighted by Crippen LogP contribution is 2.70. The summed E-state index contributed by atoms with van der Waals surface area (Å²) >= 11 is 0. The number of allylic oxidation sites excluding steroid dienone is 4. The third kappa shape index (κ3) is 2.76. The van der Waals surface area contributed by atoms with Crippen LogP contribution in [-0.4, -0.2) is 61.2 Å². The van der Waals surface area contributed by atoms with E-state index in [4.69, 9.17) is 4.74 Å². The number of hydrogen-bond donors (Lipinski definition) is 4. The molecule has 0 saturated heterocycles. The van der Waals surface area contributed by atoms with Crippen LogP contribution >= 0.6 is 0 Å². The fourth-order valence-electron chi connectivity index (χ4n) is 8.41. The fraction of sp³-hybridized carbons (Fsp3) is 0.714. The number of fused-ring (bicyclic) bond motifs is 5. The summed E-state index contributed by atoms with van der Waals surface area (Å²) in [4.78, 5) is 25.6. The van der Waals surface area contributed by atoms with Gasteiger partial charge in [0.2, 0.25) is 0 Å². The van der Waals surface area contributed by atoms with Crippen molar-refractivity contribution in [3.05, 3.63) is 34.9 Å². The first kappa shape index (κ1) is 24.9. The van der Waals surface area contributed by atoms with Gasteiger partial charge < -0.3 is 25.2 Å². The van der Waals surface area contributed by atoms with E-state index in [1.807, 2.05) is 25.2 Å². The lowest BCUT2D eigenvalue weighted by molar-refractivity contribution is -0.283. The Morgan fingerprint density at radius 3 is 2.49 bits per heavy atom. The number of Topliss-reactive ketones (excluding diaryl/α,β-unsaturated/α-hetero) is 1. The number of carbonyl (C=O) groups excluding carboxylic acids is 2. The quantitative estimate of drug-likeness (QED) is 0.442. The molecular formula is C28H38O7. The predicted molar refractivity (Wildman–Crippen MR) is 128 cm³/mol. The number of rotatable bonds is 2. The van der Waals surface area contributed by atoms with Crippen LogP contribution in [0.5, 0.6) is 0 Å². The molecule has 1 aliphatic heterocycles. The zero-order valence-electron chi connectivity index (χ0n) is 21.3. The molecule has 5 aliphatic rings. The smallest absolute Gasteiger partial charge is 0.334 e. The third-order valence-corrected chi connectivity index (χ3v) is 11.1. The Morgan fingerprint density at radius 2 is 1.83 bits per heavy atom. The minimum absolute atomic E-state index is 0.106. The largest absolute Gasteiger partial charge is 0.455 e. The SMILES string of the molecule is CC1=C(C)C(=O)O[C@@H]([C@](C)(O)[C@]2(O)C[C@@H](O)[C@@]3(O)[C@@H]4CC=C5C=CCC(=O)[C@]5(C)[C@H]4CC[C@@]32C)C1. The highest BCUT2D eigenvalue weighted by atomic mass is 16.6. The van der Waals surface area contributed by atoms with Crippen LogP contribution in [0.3, 0.4) is 0 Å². The molecule has 0 spiro atoms. The maximum Gasteiger partial charge on any atom is 0.334 e. The molecule has 9 atom stereocenters. The molecule has 0 bridgehead atoms. The van der Waals surface area contributed by atoms with Gasteiger partial charge in [-0.2, -0.15) is 0 Å². The van der Waals surface area contributed by atoms with Gasteiger partial charge in [-0.25, -0.2) is 4.79 Å². The third-order valence-electron chi connectivity index (χ3n) is 11.1. The molecule has 0 amide bonds. The molecule has 192 valence electrons. The number of aliphatic hydroxyl groups excluding tert-OH is 1. The predicted octanol–water partition coefficient (Wildman–Crippen LogP) is 2.51. The Labute approximate surface area is 206 Å². The van der Waals surface area contributed by atoms with E-state index in [1.54, 1.807) is 20.8 Å². The summed E-state index contributed by atoms with van der Waals surface area (Å²) in [6.45, 7) is 8.60. The summed E-state index contributed by atoms with van der Waals surface area (Å²) in [5, 5.41) is 47.9. The van der Waals surface area contributed by atoms with Crippen molar-refractivity contribution in [2.24, 2.45) is 22.7 Å². The Kier molecular flexibility index (Phi) is 5.24. The summed E-state index contributed by atoms with van der Waals surface area (Å²) in [6, 6.07) is 0. The molecule has 4 N–H and O–H groups in total. The minimum Gasteiger partial charge on any atom is -0.455 e. The number of carbonyl (C=O) groups is 2. The molecule has 7 heteroatoms. The molecule has 5 rings (SSSR count).